The van der Waals surface area contributed by atoms with Gasteiger partial charge in [-0.05, 0) is 60.1 Å². The number of carbonyl (C=O) groups is 2. The van der Waals surface area contributed by atoms with Crippen molar-refractivity contribution in [3.05, 3.63) is 101 Å². The number of aromatic hydroxyl groups is 1. The van der Waals surface area contributed by atoms with Crippen LogP contribution in [0.25, 0.3) is 21.7 Å². The minimum atomic E-state index is -0.473. The second kappa shape index (κ2) is 13.2. The van der Waals surface area contributed by atoms with Gasteiger partial charge in [-0.2, -0.15) is 0 Å². The smallest absolute Gasteiger partial charge is 0.259 e. The Morgan fingerprint density at radius 2 is 1.55 bits per heavy atom. The fraction of sp³-hybridized carbons (Fsp3) is 0.156. The van der Waals surface area contributed by atoms with Crippen molar-refractivity contribution >= 4 is 50.8 Å². The first-order valence-corrected chi connectivity index (χ1v) is 13.8. The van der Waals surface area contributed by atoms with E-state index in [1.165, 1.54) is 12.1 Å². The molecule has 0 saturated heterocycles. The van der Waals surface area contributed by atoms with Crippen molar-refractivity contribution in [3.8, 4) is 17.4 Å². The molecule has 0 saturated carbocycles. The molecule has 0 bridgehead atoms. The number of carbonyl (C=O) groups excluding carboxylic acids is 2. The van der Waals surface area contributed by atoms with Crippen LogP contribution < -0.4 is 25.8 Å². The molecule has 5 rings (SSSR count). The third-order valence-corrected chi connectivity index (χ3v) is 6.70. The van der Waals surface area contributed by atoms with Crippen LogP contribution >= 0.6 is 11.6 Å². The van der Waals surface area contributed by atoms with Crippen molar-refractivity contribution in [3.63, 3.8) is 0 Å². The van der Waals surface area contributed by atoms with Crippen LogP contribution in [-0.4, -0.2) is 48.2 Å². The molecule has 0 fully saturated rings. The lowest BCUT2D eigenvalue weighted by molar-refractivity contribution is 0.0939. The first-order chi connectivity index (χ1) is 20.4. The van der Waals surface area contributed by atoms with E-state index in [4.69, 9.17) is 26.8 Å². The topological polar surface area (TPSA) is 136 Å². The number of nitrogens with zero attached hydrogens (tertiary/aromatic N) is 1. The second-order valence-corrected chi connectivity index (χ2v) is 9.88. The van der Waals surface area contributed by atoms with Crippen molar-refractivity contribution in [2.24, 2.45) is 5.73 Å². The molecule has 0 aliphatic rings. The number of aromatic nitrogens is 1. The summed E-state index contributed by atoms with van der Waals surface area (Å²) in [5.41, 5.74) is 7.09. The van der Waals surface area contributed by atoms with Crippen LogP contribution in [0.1, 0.15) is 27.1 Å². The highest BCUT2D eigenvalue weighted by molar-refractivity contribution is 6.30. The number of pyridine rings is 1. The van der Waals surface area contributed by atoms with Gasteiger partial charge in [0, 0.05) is 16.5 Å². The number of nitrogens with two attached hydrogens (primary N) is 1. The van der Waals surface area contributed by atoms with E-state index in [0.29, 0.717) is 41.4 Å². The maximum atomic E-state index is 13.3. The third kappa shape index (κ3) is 6.71. The second-order valence-electron chi connectivity index (χ2n) is 9.44. The van der Waals surface area contributed by atoms with Gasteiger partial charge in [0.2, 0.25) is 5.88 Å². The van der Waals surface area contributed by atoms with Crippen LogP contribution in [-0.2, 0) is 0 Å². The molecule has 214 valence electrons. The summed E-state index contributed by atoms with van der Waals surface area (Å²) < 4.78 is 11.8. The lowest BCUT2D eigenvalue weighted by Crippen LogP contribution is -2.29. The number of fused-ring (bicyclic) bond motifs is 2. The molecule has 0 radical (unpaired) electrons. The summed E-state index contributed by atoms with van der Waals surface area (Å²) in [5.74, 6) is -0.434. The SMILES string of the molecule is NCCCOc1nc2ccccc2cc1C(=O)NCCOc1cc2ccccc2cc1C(=O)Nc1ccc(Cl)cc1O. The minimum absolute atomic E-state index is 0.0843. The largest absolute Gasteiger partial charge is 0.506 e. The first-order valence-electron chi connectivity index (χ1n) is 13.4. The number of phenolic OH excluding ortho intramolecular Hbond substituents is 1. The summed E-state index contributed by atoms with van der Waals surface area (Å²) in [6.07, 6.45) is 0.628. The molecule has 0 unspecified atom stereocenters. The summed E-state index contributed by atoms with van der Waals surface area (Å²) in [6, 6.07) is 24.7. The summed E-state index contributed by atoms with van der Waals surface area (Å²) in [4.78, 5) is 30.9. The molecule has 10 heteroatoms. The lowest BCUT2D eigenvalue weighted by Gasteiger charge is -2.15. The molecule has 0 atom stereocenters. The summed E-state index contributed by atoms with van der Waals surface area (Å²) >= 11 is 5.92. The number of hydrogen-bond acceptors (Lipinski definition) is 7. The van der Waals surface area contributed by atoms with Crippen LogP contribution in [0.5, 0.6) is 17.4 Å². The fourth-order valence-corrected chi connectivity index (χ4v) is 4.53. The zero-order valence-corrected chi connectivity index (χ0v) is 23.4. The summed E-state index contributed by atoms with van der Waals surface area (Å²) in [7, 11) is 0. The van der Waals surface area contributed by atoms with Crippen LogP contribution in [0.15, 0.2) is 84.9 Å². The zero-order chi connectivity index (χ0) is 29.5. The van der Waals surface area contributed by atoms with Gasteiger partial charge in [0.25, 0.3) is 11.8 Å². The number of para-hydroxylation sites is 1. The number of phenols is 1. The van der Waals surface area contributed by atoms with E-state index in [2.05, 4.69) is 15.6 Å². The van der Waals surface area contributed by atoms with Crippen LogP contribution in [0.4, 0.5) is 5.69 Å². The monoisotopic (exact) mass is 584 g/mol. The first kappa shape index (κ1) is 28.7. The van der Waals surface area contributed by atoms with Crippen LogP contribution in [0.2, 0.25) is 5.02 Å². The molecule has 0 spiro atoms. The molecular formula is C32H29ClN4O5. The molecule has 4 aromatic carbocycles. The van der Waals surface area contributed by atoms with Gasteiger partial charge in [-0.3, -0.25) is 9.59 Å². The highest BCUT2D eigenvalue weighted by atomic mass is 35.5. The number of rotatable bonds is 11. The van der Waals surface area contributed by atoms with Crippen LogP contribution in [0.3, 0.4) is 0 Å². The van der Waals surface area contributed by atoms with Gasteiger partial charge in [-0.1, -0.05) is 54.1 Å². The maximum Gasteiger partial charge on any atom is 0.259 e. The molecule has 5 aromatic rings. The maximum absolute atomic E-state index is 13.3. The Balaban J connectivity index is 1.31. The van der Waals surface area contributed by atoms with Crippen LogP contribution in [0, 0.1) is 0 Å². The lowest BCUT2D eigenvalue weighted by atomic mass is 10.1. The van der Waals surface area contributed by atoms with Crippen molar-refractivity contribution in [1.82, 2.24) is 10.3 Å². The Labute approximate surface area is 247 Å². The number of anilines is 1. The van der Waals surface area contributed by atoms with E-state index < -0.39 is 5.91 Å². The normalized spacial score (nSPS) is 10.9. The summed E-state index contributed by atoms with van der Waals surface area (Å²) in [6.45, 7) is 1.04. The van der Waals surface area contributed by atoms with Gasteiger partial charge in [0.05, 0.1) is 29.9 Å². The van der Waals surface area contributed by atoms with Crippen molar-refractivity contribution in [1.29, 1.82) is 0 Å². The number of halogens is 1. The predicted molar refractivity (Wildman–Crippen MR) is 164 cm³/mol. The van der Waals surface area contributed by atoms with Gasteiger partial charge < -0.3 is 30.9 Å². The van der Waals surface area contributed by atoms with Gasteiger partial charge >= 0.3 is 0 Å². The van der Waals surface area contributed by atoms with Gasteiger partial charge in [0.15, 0.2) is 0 Å². The Bertz CT molecular complexity index is 1760. The average Bonchev–Trinajstić information content (AvgIpc) is 3.00. The Kier molecular flexibility index (Phi) is 9.01. The molecule has 0 aliphatic carbocycles. The van der Waals surface area contributed by atoms with E-state index in [0.717, 1.165) is 16.2 Å². The number of nitrogens with one attached hydrogen (secondary N) is 2. The zero-order valence-electron chi connectivity index (χ0n) is 22.6. The quantitative estimate of drug-likeness (QED) is 0.118. The van der Waals surface area contributed by atoms with E-state index in [9.17, 15) is 14.7 Å². The van der Waals surface area contributed by atoms with E-state index in [-0.39, 0.29) is 41.9 Å². The molecule has 1 heterocycles. The van der Waals surface area contributed by atoms with Crippen molar-refractivity contribution in [2.75, 3.05) is 31.6 Å². The fourth-order valence-electron chi connectivity index (χ4n) is 4.36. The Morgan fingerprint density at radius 3 is 2.31 bits per heavy atom. The molecule has 5 N–H and O–H groups in total. The van der Waals surface area contributed by atoms with E-state index in [1.807, 2.05) is 48.5 Å². The highest BCUT2D eigenvalue weighted by Crippen LogP contribution is 2.30. The molecule has 2 amide bonds. The minimum Gasteiger partial charge on any atom is -0.506 e. The van der Waals surface area contributed by atoms with Gasteiger partial charge in [-0.25, -0.2) is 4.98 Å². The van der Waals surface area contributed by atoms with E-state index in [1.54, 1.807) is 24.3 Å². The Hall–Kier alpha value is -4.86. The molecule has 1 aromatic heterocycles. The standard InChI is InChI=1S/C32H29ClN4O5/c33-23-10-11-27(28(38)19-23)36-31(40)24-16-20-6-1-2-7-21(20)18-29(24)41-15-13-35-30(39)25-17-22-8-3-4-9-26(22)37-32(25)42-14-5-12-34/h1-4,6-11,16-19,38H,5,12-15,34H2,(H,35,39)(H,36,40). The van der Waals surface area contributed by atoms with Crippen molar-refractivity contribution < 1.29 is 24.2 Å². The number of benzene rings is 4. The number of hydrogen-bond donors (Lipinski definition) is 4. The average molecular weight is 585 g/mol. The Morgan fingerprint density at radius 1 is 0.833 bits per heavy atom. The summed E-state index contributed by atoms with van der Waals surface area (Å²) in [5, 5.41) is 18.6. The third-order valence-electron chi connectivity index (χ3n) is 6.47. The number of ether oxygens (including phenoxy) is 2. The predicted octanol–water partition coefficient (Wildman–Crippen LogP) is 5.54. The van der Waals surface area contributed by atoms with Gasteiger partial charge in [-0.15, -0.1) is 0 Å². The highest BCUT2D eigenvalue weighted by Gasteiger charge is 2.18. The molecular weight excluding hydrogens is 556 g/mol. The van der Waals surface area contributed by atoms with Crippen molar-refractivity contribution in [2.45, 2.75) is 6.42 Å². The molecule has 9 nitrogen and oxygen atoms in total. The number of amides is 2. The van der Waals surface area contributed by atoms with Gasteiger partial charge in [0.1, 0.15) is 23.7 Å². The van der Waals surface area contributed by atoms with E-state index >= 15 is 0 Å². The molecule has 0 aliphatic heterocycles. The molecule has 42 heavy (non-hydrogen) atoms.